The molecule has 1 heterocycles. The minimum atomic E-state index is 0.671. The Morgan fingerprint density at radius 2 is 2.00 bits per heavy atom. The molecule has 0 bridgehead atoms. The van der Waals surface area contributed by atoms with Gasteiger partial charge in [0.25, 0.3) is 0 Å². The fraction of sp³-hybridized carbons (Fsp3) is 0.111. The van der Waals surface area contributed by atoms with Crippen LogP contribution in [-0.4, -0.2) is 6.54 Å². The first kappa shape index (κ1) is 6.43. The summed E-state index contributed by atoms with van der Waals surface area (Å²) in [5, 5.41) is 0. The van der Waals surface area contributed by atoms with Crippen LogP contribution in [0, 0.1) is 0 Å². The van der Waals surface area contributed by atoms with Crippen molar-refractivity contribution < 1.29 is 4.84 Å². The van der Waals surface area contributed by atoms with Gasteiger partial charge < -0.3 is 4.84 Å². The van der Waals surface area contributed by atoms with Crippen LogP contribution in [0.5, 0.6) is 0 Å². The molecule has 11 heavy (non-hydrogen) atoms. The molecule has 2 nitrogen and oxygen atoms in total. The van der Waals surface area contributed by atoms with Crippen molar-refractivity contribution in [2.75, 3.05) is 6.54 Å². The Kier molecular flexibility index (Phi) is 1.61. The van der Waals surface area contributed by atoms with Crippen LogP contribution in [0.15, 0.2) is 36.4 Å². The zero-order valence-corrected chi connectivity index (χ0v) is 6.03. The van der Waals surface area contributed by atoms with E-state index in [0.29, 0.717) is 6.54 Å². The average Bonchev–Trinajstić information content (AvgIpc) is 2.58. The van der Waals surface area contributed by atoms with E-state index in [1.807, 2.05) is 36.4 Å². The van der Waals surface area contributed by atoms with E-state index in [0.717, 1.165) is 11.3 Å². The molecule has 1 aromatic rings. The van der Waals surface area contributed by atoms with Crippen molar-refractivity contribution in [3.8, 4) is 0 Å². The Hall–Kier alpha value is -1.28. The van der Waals surface area contributed by atoms with Gasteiger partial charge in [0.2, 0.25) is 0 Å². The van der Waals surface area contributed by atoms with Crippen molar-refractivity contribution in [2.24, 2.45) is 0 Å². The van der Waals surface area contributed by atoms with E-state index in [-0.39, 0.29) is 0 Å². The lowest BCUT2D eigenvalue weighted by molar-refractivity contribution is 0.181. The summed E-state index contributed by atoms with van der Waals surface area (Å²) in [4.78, 5) is 5.03. The van der Waals surface area contributed by atoms with E-state index in [1.165, 1.54) is 0 Å². The van der Waals surface area contributed by atoms with Crippen molar-refractivity contribution in [3.05, 3.63) is 42.0 Å². The van der Waals surface area contributed by atoms with Gasteiger partial charge in [-0.1, -0.05) is 30.3 Å². The molecule has 0 atom stereocenters. The van der Waals surface area contributed by atoms with E-state index < -0.39 is 0 Å². The predicted molar refractivity (Wildman–Crippen MR) is 42.5 cm³/mol. The molecule has 0 aliphatic carbocycles. The lowest BCUT2D eigenvalue weighted by Crippen LogP contribution is -1.94. The molecule has 2 heteroatoms. The molecule has 0 aromatic heterocycles. The zero-order valence-electron chi connectivity index (χ0n) is 6.03. The van der Waals surface area contributed by atoms with Gasteiger partial charge in [-0.3, -0.25) is 0 Å². The molecule has 0 amide bonds. The Morgan fingerprint density at radius 3 is 2.64 bits per heavy atom. The van der Waals surface area contributed by atoms with Crippen LogP contribution in [-0.2, 0) is 4.84 Å². The highest BCUT2D eigenvalue weighted by molar-refractivity contribution is 5.60. The summed E-state index contributed by atoms with van der Waals surface area (Å²) in [6.07, 6.45) is 1.97. The molecule has 0 saturated carbocycles. The minimum absolute atomic E-state index is 0.671. The molecule has 0 saturated heterocycles. The van der Waals surface area contributed by atoms with Crippen LogP contribution in [0.3, 0.4) is 0 Å². The Morgan fingerprint density at radius 1 is 1.18 bits per heavy atom. The van der Waals surface area contributed by atoms with Crippen molar-refractivity contribution in [1.29, 1.82) is 0 Å². The minimum Gasteiger partial charge on any atom is -0.387 e. The maximum atomic E-state index is 5.03. The van der Waals surface area contributed by atoms with Gasteiger partial charge >= 0.3 is 0 Å². The molecule has 0 N–H and O–H groups in total. The third-order valence-electron chi connectivity index (χ3n) is 1.57. The van der Waals surface area contributed by atoms with Gasteiger partial charge in [0.15, 0.2) is 5.76 Å². The third kappa shape index (κ3) is 1.25. The second-order valence-corrected chi connectivity index (χ2v) is 2.34. The number of hydrogen-bond donors (Lipinski definition) is 0. The van der Waals surface area contributed by atoms with E-state index in [9.17, 15) is 0 Å². The van der Waals surface area contributed by atoms with E-state index >= 15 is 0 Å². The summed E-state index contributed by atoms with van der Waals surface area (Å²) in [6, 6.07) is 9.96. The lowest BCUT2D eigenvalue weighted by Gasteiger charge is -1.99. The van der Waals surface area contributed by atoms with Gasteiger partial charge in [0.1, 0.15) is 0 Å². The molecular formula is C9H8NO. The Labute approximate surface area is 65.4 Å². The molecule has 1 aliphatic heterocycles. The van der Waals surface area contributed by atoms with Gasteiger partial charge in [0, 0.05) is 5.56 Å². The second kappa shape index (κ2) is 2.76. The summed E-state index contributed by atoms with van der Waals surface area (Å²) in [7, 11) is 0. The lowest BCUT2D eigenvalue weighted by atomic mass is 10.2. The van der Waals surface area contributed by atoms with Crippen molar-refractivity contribution in [1.82, 2.24) is 5.48 Å². The molecule has 0 spiro atoms. The molecule has 0 fully saturated rings. The normalized spacial score (nSPS) is 15.8. The summed E-state index contributed by atoms with van der Waals surface area (Å²) in [5.74, 6) is 0.866. The maximum Gasteiger partial charge on any atom is 0.154 e. The quantitative estimate of drug-likeness (QED) is 0.590. The Balaban J connectivity index is 2.29. The van der Waals surface area contributed by atoms with Crippen molar-refractivity contribution >= 4 is 5.76 Å². The summed E-state index contributed by atoms with van der Waals surface area (Å²) >= 11 is 0. The summed E-state index contributed by atoms with van der Waals surface area (Å²) in [5.41, 5.74) is 4.84. The zero-order chi connectivity index (χ0) is 7.52. The summed E-state index contributed by atoms with van der Waals surface area (Å²) < 4.78 is 0. The summed E-state index contributed by atoms with van der Waals surface area (Å²) in [6.45, 7) is 0.671. The maximum absolute atomic E-state index is 5.03. The molecule has 1 aromatic carbocycles. The van der Waals surface area contributed by atoms with Crippen LogP contribution in [0.2, 0.25) is 0 Å². The second-order valence-electron chi connectivity index (χ2n) is 2.34. The van der Waals surface area contributed by atoms with E-state index in [2.05, 4.69) is 5.48 Å². The average molecular weight is 146 g/mol. The number of hydroxylamine groups is 1. The topological polar surface area (TPSA) is 23.3 Å². The number of hydrogen-bond acceptors (Lipinski definition) is 1. The molecular weight excluding hydrogens is 138 g/mol. The van der Waals surface area contributed by atoms with E-state index in [1.54, 1.807) is 0 Å². The fourth-order valence-electron chi connectivity index (χ4n) is 1.04. The Bertz CT molecular complexity index is 266. The van der Waals surface area contributed by atoms with Crippen molar-refractivity contribution in [3.63, 3.8) is 0 Å². The first-order valence-electron chi connectivity index (χ1n) is 3.56. The highest BCUT2D eigenvalue weighted by Crippen LogP contribution is 2.16. The number of nitrogens with zero attached hydrogens (tertiary/aromatic N) is 1. The third-order valence-corrected chi connectivity index (χ3v) is 1.57. The number of benzene rings is 1. The van der Waals surface area contributed by atoms with Gasteiger partial charge in [-0.15, -0.1) is 0 Å². The first-order chi connectivity index (χ1) is 5.47. The number of rotatable bonds is 1. The predicted octanol–water partition coefficient (Wildman–Crippen LogP) is 1.58. The van der Waals surface area contributed by atoms with Gasteiger partial charge in [-0.25, -0.2) is 0 Å². The monoisotopic (exact) mass is 146 g/mol. The molecule has 55 valence electrons. The van der Waals surface area contributed by atoms with Crippen LogP contribution < -0.4 is 5.48 Å². The van der Waals surface area contributed by atoms with Gasteiger partial charge in [0.05, 0.1) is 6.54 Å². The van der Waals surface area contributed by atoms with Crippen LogP contribution >= 0.6 is 0 Å². The van der Waals surface area contributed by atoms with Gasteiger partial charge in [-0.05, 0) is 11.6 Å². The molecule has 1 aliphatic rings. The van der Waals surface area contributed by atoms with Crippen molar-refractivity contribution in [2.45, 2.75) is 0 Å². The molecule has 2 rings (SSSR count). The largest absolute Gasteiger partial charge is 0.387 e. The standard InChI is InChI=1S/C9H8NO/c1-2-4-8(5-3-1)9-6-7-10-11-9/h1-6H,7H2. The van der Waals surface area contributed by atoms with Crippen LogP contribution in [0.4, 0.5) is 0 Å². The highest BCUT2D eigenvalue weighted by atomic mass is 16.7. The molecule has 0 unspecified atom stereocenters. The van der Waals surface area contributed by atoms with Crippen LogP contribution in [0.1, 0.15) is 5.56 Å². The fourth-order valence-corrected chi connectivity index (χ4v) is 1.04. The smallest absolute Gasteiger partial charge is 0.154 e. The van der Waals surface area contributed by atoms with Gasteiger partial charge in [-0.2, -0.15) is 0 Å². The molecule has 1 radical (unpaired) electrons. The SMILES string of the molecule is C1=C(c2ccccc2)O[N]C1. The highest BCUT2D eigenvalue weighted by Gasteiger charge is 2.07. The van der Waals surface area contributed by atoms with E-state index in [4.69, 9.17) is 4.84 Å². The van der Waals surface area contributed by atoms with Crippen LogP contribution in [0.25, 0.3) is 5.76 Å². The first-order valence-corrected chi connectivity index (χ1v) is 3.56.